The lowest BCUT2D eigenvalue weighted by Gasteiger charge is -2.20. The van der Waals surface area contributed by atoms with E-state index in [1.807, 2.05) is 42.5 Å². The summed E-state index contributed by atoms with van der Waals surface area (Å²) in [6, 6.07) is 24.2. The maximum absolute atomic E-state index is 13.3. The van der Waals surface area contributed by atoms with E-state index in [1.54, 1.807) is 6.07 Å². The lowest BCUT2D eigenvalue weighted by atomic mass is 9.86. The van der Waals surface area contributed by atoms with Crippen molar-refractivity contribution >= 4 is 28.2 Å². The number of hydrogen-bond donors (Lipinski definition) is 2. The molecule has 0 spiro atoms. The van der Waals surface area contributed by atoms with Crippen molar-refractivity contribution in [1.82, 2.24) is 10.4 Å². The van der Waals surface area contributed by atoms with E-state index in [0.29, 0.717) is 17.0 Å². The summed E-state index contributed by atoms with van der Waals surface area (Å²) in [5.41, 5.74) is 9.59. The number of hydrazone groups is 1. The molecule has 0 saturated heterocycles. The molecule has 0 amide bonds. The molecule has 3 aromatic carbocycles. The van der Waals surface area contributed by atoms with Crippen molar-refractivity contribution in [3.8, 4) is 11.1 Å². The number of benzene rings is 3. The lowest BCUT2D eigenvalue weighted by Crippen LogP contribution is -2.20. The second kappa shape index (κ2) is 8.20. The molecule has 2 heterocycles. The number of nitrogens with zero attached hydrogens (tertiary/aromatic N) is 1. The summed E-state index contributed by atoms with van der Waals surface area (Å²) < 4.78 is 0. The molecule has 1 aromatic heterocycles. The van der Waals surface area contributed by atoms with E-state index in [9.17, 15) is 4.79 Å². The van der Waals surface area contributed by atoms with Gasteiger partial charge in [0.25, 0.3) is 5.56 Å². The van der Waals surface area contributed by atoms with Crippen molar-refractivity contribution in [2.45, 2.75) is 38.6 Å². The Morgan fingerprint density at radius 3 is 2.36 bits per heavy atom. The van der Waals surface area contributed by atoms with E-state index in [2.05, 4.69) is 60.5 Å². The van der Waals surface area contributed by atoms with Crippen LogP contribution in [-0.2, 0) is 5.41 Å². The maximum Gasteiger partial charge on any atom is 0.258 e. The normalized spacial score (nSPS) is 16.0. The van der Waals surface area contributed by atoms with Crippen molar-refractivity contribution < 1.29 is 0 Å². The van der Waals surface area contributed by atoms with Gasteiger partial charge < -0.3 is 10.4 Å². The molecule has 5 heteroatoms. The molecule has 166 valence electrons. The van der Waals surface area contributed by atoms with E-state index in [-0.39, 0.29) is 17.0 Å². The summed E-state index contributed by atoms with van der Waals surface area (Å²) >= 11 is 6.34. The third-order valence-corrected chi connectivity index (χ3v) is 6.49. The first-order valence-electron chi connectivity index (χ1n) is 11.1. The standard InChI is InChI=1S/C28H26ClN3O/c1-28(2,3)19-11-9-17(10-12-19)23-16-24(32-31-23)26-25(18-7-5-4-6-8-18)21-15-20(29)13-14-22(21)30-27(26)33/h4-15,23,31H,16H2,1-3H3,(H,30,33). The highest BCUT2D eigenvalue weighted by Crippen LogP contribution is 2.34. The number of rotatable bonds is 3. The third-order valence-electron chi connectivity index (χ3n) is 6.26. The maximum atomic E-state index is 13.3. The average molecular weight is 456 g/mol. The smallest absolute Gasteiger partial charge is 0.258 e. The van der Waals surface area contributed by atoms with Crippen LogP contribution in [0.1, 0.15) is 49.9 Å². The van der Waals surface area contributed by atoms with Crippen LogP contribution in [0, 0.1) is 0 Å². The molecular formula is C28H26ClN3O. The predicted octanol–water partition coefficient (Wildman–Crippen LogP) is 6.58. The summed E-state index contributed by atoms with van der Waals surface area (Å²) in [5.74, 6) is 0. The Morgan fingerprint density at radius 1 is 0.939 bits per heavy atom. The highest BCUT2D eigenvalue weighted by atomic mass is 35.5. The SMILES string of the molecule is CC(C)(C)c1ccc(C2CC(c3c(-c4ccccc4)c4cc(Cl)ccc4[nH]c3=O)=NN2)cc1. The van der Waals surface area contributed by atoms with Crippen LogP contribution in [0.5, 0.6) is 0 Å². The predicted molar refractivity (Wildman–Crippen MR) is 137 cm³/mol. The van der Waals surface area contributed by atoms with Gasteiger partial charge in [-0.05, 0) is 40.3 Å². The Morgan fingerprint density at radius 2 is 1.67 bits per heavy atom. The third kappa shape index (κ3) is 4.07. The number of fused-ring (bicyclic) bond motifs is 1. The molecule has 4 aromatic rings. The van der Waals surface area contributed by atoms with Gasteiger partial charge in [-0.15, -0.1) is 0 Å². The van der Waals surface area contributed by atoms with Crippen molar-refractivity contribution in [1.29, 1.82) is 0 Å². The molecule has 1 unspecified atom stereocenters. The zero-order valence-electron chi connectivity index (χ0n) is 18.9. The summed E-state index contributed by atoms with van der Waals surface area (Å²) in [7, 11) is 0. The summed E-state index contributed by atoms with van der Waals surface area (Å²) in [6.45, 7) is 6.63. The van der Waals surface area contributed by atoms with Crippen LogP contribution >= 0.6 is 11.6 Å². The summed E-state index contributed by atoms with van der Waals surface area (Å²) in [6.07, 6.45) is 0.629. The van der Waals surface area contributed by atoms with Gasteiger partial charge in [0.2, 0.25) is 0 Å². The molecule has 0 aliphatic carbocycles. The molecule has 0 fully saturated rings. The molecular weight excluding hydrogens is 430 g/mol. The number of aromatic nitrogens is 1. The molecule has 4 nitrogen and oxygen atoms in total. The van der Waals surface area contributed by atoms with Gasteiger partial charge in [-0.3, -0.25) is 4.79 Å². The average Bonchev–Trinajstić information content (AvgIpc) is 3.28. The van der Waals surface area contributed by atoms with Crippen LogP contribution in [0.2, 0.25) is 5.02 Å². The fourth-order valence-electron chi connectivity index (χ4n) is 4.45. The Labute approximate surface area is 198 Å². The molecule has 0 radical (unpaired) electrons. The van der Waals surface area contributed by atoms with E-state index < -0.39 is 0 Å². The van der Waals surface area contributed by atoms with Crippen LogP contribution in [0.25, 0.3) is 22.0 Å². The van der Waals surface area contributed by atoms with Crippen molar-refractivity contribution in [2.24, 2.45) is 5.10 Å². The van der Waals surface area contributed by atoms with Gasteiger partial charge in [0.15, 0.2) is 0 Å². The van der Waals surface area contributed by atoms with Gasteiger partial charge >= 0.3 is 0 Å². The number of hydrogen-bond acceptors (Lipinski definition) is 3. The fraction of sp³-hybridized carbons (Fsp3) is 0.214. The highest BCUT2D eigenvalue weighted by molar-refractivity contribution is 6.31. The fourth-order valence-corrected chi connectivity index (χ4v) is 4.62. The zero-order valence-corrected chi connectivity index (χ0v) is 19.7. The highest BCUT2D eigenvalue weighted by Gasteiger charge is 2.27. The van der Waals surface area contributed by atoms with Gasteiger partial charge in [0.1, 0.15) is 0 Å². The molecule has 0 bridgehead atoms. The number of halogens is 1. The van der Waals surface area contributed by atoms with Crippen molar-refractivity contribution in [2.75, 3.05) is 0 Å². The van der Waals surface area contributed by atoms with Gasteiger partial charge in [-0.2, -0.15) is 5.10 Å². The first-order chi connectivity index (χ1) is 15.8. The van der Waals surface area contributed by atoms with E-state index in [0.717, 1.165) is 33.3 Å². The largest absolute Gasteiger partial charge is 0.321 e. The van der Waals surface area contributed by atoms with Crippen LogP contribution in [0.15, 0.2) is 82.7 Å². The Bertz CT molecular complexity index is 1410. The lowest BCUT2D eigenvalue weighted by molar-refractivity contribution is 0.586. The van der Waals surface area contributed by atoms with Crippen molar-refractivity contribution in [3.05, 3.63) is 105 Å². The second-order valence-electron chi connectivity index (χ2n) is 9.58. The number of H-pyrrole nitrogens is 1. The Kier molecular flexibility index (Phi) is 5.34. The summed E-state index contributed by atoms with van der Waals surface area (Å²) in [4.78, 5) is 16.3. The van der Waals surface area contributed by atoms with E-state index in [4.69, 9.17) is 11.6 Å². The van der Waals surface area contributed by atoms with Gasteiger partial charge in [-0.1, -0.05) is 87.0 Å². The van der Waals surface area contributed by atoms with Crippen LogP contribution in [0.4, 0.5) is 0 Å². The van der Waals surface area contributed by atoms with Crippen molar-refractivity contribution in [3.63, 3.8) is 0 Å². The van der Waals surface area contributed by atoms with Crippen LogP contribution in [0.3, 0.4) is 0 Å². The Hall–Kier alpha value is -3.37. The van der Waals surface area contributed by atoms with Crippen LogP contribution in [-0.4, -0.2) is 10.7 Å². The molecule has 1 aliphatic rings. The minimum absolute atomic E-state index is 0.0205. The molecule has 1 atom stereocenters. The Balaban J connectivity index is 1.58. The van der Waals surface area contributed by atoms with Crippen LogP contribution < -0.4 is 11.0 Å². The minimum atomic E-state index is -0.145. The van der Waals surface area contributed by atoms with E-state index >= 15 is 0 Å². The monoisotopic (exact) mass is 455 g/mol. The quantitative estimate of drug-likeness (QED) is 0.366. The molecule has 2 N–H and O–H groups in total. The number of aromatic amines is 1. The first-order valence-corrected chi connectivity index (χ1v) is 11.5. The number of nitrogens with one attached hydrogen (secondary N) is 2. The van der Waals surface area contributed by atoms with Gasteiger partial charge in [-0.25, -0.2) is 0 Å². The van der Waals surface area contributed by atoms with E-state index in [1.165, 1.54) is 5.56 Å². The molecule has 5 rings (SSSR count). The second-order valence-corrected chi connectivity index (χ2v) is 10.0. The zero-order chi connectivity index (χ0) is 23.2. The molecule has 1 aliphatic heterocycles. The topological polar surface area (TPSA) is 57.2 Å². The number of pyridine rings is 1. The summed E-state index contributed by atoms with van der Waals surface area (Å²) in [5, 5.41) is 6.16. The van der Waals surface area contributed by atoms with Gasteiger partial charge in [0.05, 0.1) is 17.3 Å². The van der Waals surface area contributed by atoms with Gasteiger partial charge in [0, 0.05) is 27.9 Å². The first kappa shape index (κ1) is 21.5. The molecule has 0 saturated carbocycles. The molecule has 33 heavy (non-hydrogen) atoms. The minimum Gasteiger partial charge on any atom is -0.321 e.